The lowest BCUT2D eigenvalue weighted by Gasteiger charge is -2.23. The normalized spacial score (nSPS) is 24.5. The summed E-state index contributed by atoms with van der Waals surface area (Å²) in [6.07, 6.45) is -3.05. The van der Waals surface area contributed by atoms with Crippen molar-refractivity contribution in [3.8, 4) is 0 Å². The highest BCUT2D eigenvalue weighted by Crippen LogP contribution is 2.45. The molecule has 1 amide bonds. The second kappa shape index (κ2) is 4.22. The fraction of sp³-hybridized carbons (Fsp3) is 0.500. The molecule has 1 unspecified atom stereocenters. The maximum absolute atomic E-state index is 12.6. The molecule has 6 heteroatoms. The van der Waals surface area contributed by atoms with Crippen molar-refractivity contribution in [3.63, 3.8) is 0 Å². The predicted molar refractivity (Wildman–Crippen MR) is 66.7 cm³/mol. The van der Waals surface area contributed by atoms with Gasteiger partial charge in [0.15, 0.2) is 0 Å². The van der Waals surface area contributed by atoms with E-state index in [-0.39, 0.29) is 12.1 Å². The van der Waals surface area contributed by atoms with Gasteiger partial charge in [0.1, 0.15) is 11.7 Å². The Morgan fingerprint density at radius 3 is 2.35 bits per heavy atom. The summed E-state index contributed by atoms with van der Waals surface area (Å²) in [5.41, 5.74) is -0.435. The number of amides is 1. The van der Waals surface area contributed by atoms with Gasteiger partial charge in [-0.25, -0.2) is 0 Å². The first kappa shape index (κ1) is 13.4. The molecule has 1 atom stereocenters. The van der Waals surface area contributed by atoms with Gasteiger partial charge in [-0.15, -0.1) is 0 Å². The number of alkyl halides is 3. The van der Waals surface area contributed by atoms with Crippen LogP contribution in [0.2, 0.25) is 0 Å². The number of nitrogens with zero attached hydrogens (tertiary/aromatic N) is 1. The zero-order valence-electron chi connectivity index (χ0n) is 11.0. The molecular weight excluding hydrogens is 269 g/mol. The van der Waals surface area contributed by atoms with Gasteiger partial charge < -0.3 is 4.90 Å². The minimum absolute atomic E-state index is 0.0601. The minimum Gasteiger partial charge on any atom is -0.322 e. The fourth-order valence-corrected chi connectivity index (χ4v) is 2.72. The Kier molecular flexibility index (Phi) is 2.83. The molecule has 20 heavy (non-hydrogen) atoms. The van der Waals surface area contributed by atoms with Crippen LogP contribution in [0.15, 0.2) is 24.3 Å². The molecule has 108 valence electrons. The van der Waals surface area contributed by atoms with Gasteiger partial charge in [-0.3, -0.25) is 10.1 Å². The zero-order chi connectivity index (χ0) is 14.5. The van der Waals surface area contributed by atoms with E-state index in [1.807, 2.05) is 6.92 Å². The molecule has 0 bridgehead atoms. The summed E-state index contributed by atoms with van der Waals surface area (Å²) in [5, 5.41) is 3.26. The molecule has 3 nitrogen and oxygen atoms in total. The summed E-state index contributed by atoms with van der Waals surface area (Å²) in [4.78, 5) is 13.9. The van der Waals surface area contributed by atoms with Crippen molar-refractivity contribution in [3.05, 3.63) is 35.4 Å². The van der Waals surface area contributed by atoms with Crippen LogP contribution in [0.25, 0.3) is 0 Å². The van der Waals surface area contributed by atoms with Crippen molar-refractivity contribution in [2.24, 2.45) is 0 Å². The third-order valence-electron chi connectivity index (χ3n) is 4.04. The topological polar surface area (TPSA) is 32.3 Å². The molecule has 1 aliphatic heterocycles. The number of rotatable bonds is 2. The van der Waals surface area contributed by atoms with Crippen LogP contribution in [0.5, 0.6) is 0 Å². The number of hydrogen-bond donors (Lipinski definition) is 1. The largest absolute Gasteiger partial charge is 0.416 e. The van der Waals surface area contributed by atoms with E-state index in [2.05, 4.69) is 5.32 Å². The first-order chi connectivity index (χ1) is 9.37. The monoisotopic (exact) mass is 284 g/mol. The van der Waals surface area contributed by atoms with Crippen LogP contribution >= 0.6 is 0 Å². The number of nitrogens with one attached hydrogen (secondary N) is 1. The summed E-state index contributed by atoms with van der Waals surface area (Å²) in [6, 6.07) is 5.01. The first-order valence-electron chi connectivity index (χ1n) is 6.63. The smallest absolute Gasteiger partial charge is 0.322 e. The molecule has 3 rings (SSSR count). The molecule has 2 fully saturated rings. The number of hydrogen-bond acceptors (Lipinski definition) is 2. The molecule has 0 radical (unpaired) electrons. The molecule has 1 saturated carbocycles. The lowest BCUT2D eigenvalue weighted by Crippen LogP contribution is -2.32. The van der Waals surface area contributed by atoms with Gasteiger partial charge in [0.25, 0.3) is 0 Å². The molecule has 0 aromatic heterocycles. The van der Waals surface area contributed by atoms with Crippen molar-refractivity contribution in [1.82, 2.24) is 10.2 Å². The number of likely N-dealkylation sites (N-methyl/N-ethyl adjacent to an activating group) is 1. The minimum atomic E-state index is -4.33. The summed E-state index contributed by atoms with van der Waals surface area (Å²) in [6.45, 7) is 2.41. The van der Waals surface area contributed by atoms with Crippen LogP contribution in [0, 0.1) is 0 Å². The van der Waals surface area contributed by atoms with Crippen molar-refractivity contribution in [1.29, 1.82) is 0 Å². The SMILES string of the molecule is CCN1C(=O)C2(CC2)NC1c1ccc(C(F)(F)F)cc1. The molecule has 1 aromatic carbocycles. The number of benzene rings is 1. The molecule has 1 spiro atoms. The first-order valence-corrected chi connectivity index (χ1v) is 6.63. The van der Waals surface area contributed by atoms with Crippen LogP contribution in [-0.2, 0) is 11.0 Å². The average Bonchev–Trinajstić information content (AvgIpc) is 3.12. The maximum atomic E-state index is 12.6. The van der Waals surface area contributed by atoms with Crippen LogP contribution < -0.4 is 5.32 Å². The van der Waals surface area contributed by atoms with E-state index >= 15 is 0 Å². The van der Waals surface area contributed by atoms with E-state index in [0.717, 1.165) is 25.0 Å². The lowest BCUT2D eigenvalue weighted by molar-refractivity contribution is -0.137. The number of halogens is 3. The standard InChI is InChI=1S/C14H15F3N2O/c1-2-19-11(18-13(7-8-13)12(19)20)9-3-5-10(6-4-9)14(15,16)17/h3-6,11,18H,2,7-8H2,1H3. The van der Waals surface area contributed by atoms with Gasteiger partial charge in [0.2, 0.25) is 5.91 Å². The Hall–Kier alpha value is -1.56. The average molecular weight is 284 g/mol. The molecule has 1 heterocycles. The predicted octanol–water partition coefficient (Wildman–Crippen LogP) is 2.69. The summed E-state index contributed by atoms with van der Waals surface area (Å²) >= 11 is 0. The third kappa shape index (κ3) is 1.98. The van der Waals surface area contributed by atoms with Crippen LogP contribution in [-0.4, -0.2) is 22.9 Å². The molecule has 2 aliphatic rings. The lowest BCUT2D eigenvalue weighted by atomic mass is 10.1. The quantitative estimate of drug-likeness (QED) is 0.905. The highest BCUT2D eigenvalue weighted by Gasteiger charge is 2.58. The molecule has 1 aromatic rings. The van der Waals surface area contributed by atoms with Crippen molar-refractivity contribution < 1.29 is 18.0 Å². The Morgan fingerprint density at radius 2 is 1.90 bits per heavy atom. The fourth-order valence-electron chi connectivity index (χ4n) is 2.72. The van der Waals surface area contributed by atoms with Gasteiger partial charge >= 0.3 is 6.18 Å². The summed E-state index contributed by atoms with van der Waals surface area (Å²) in [5.74, 6) is 0.0601. The van der Waals surface area contributed by atoms with Crippen molar-refractivity contribution in [2.75, 3.05) is 6.54 Å². The van der Waals surface area contributed by atoms with Crippen molar-refractivity contribution >= 4 is 5.91 Å². The van der Waals surface area contributed by atoms with E-state index in [1.165, 1.54) is 12.1 Å². The van der Waals surface area contributed by atoms with Gasteiger partial charge in [-0.05, 0) is 37.5 Å². The third-order valence-corrected chi connectivity index (χ3v) is 4.04. The van der Waals surface area contributed by atoms with Gasteiger partial charge in [-0.1, -0.05) is 12.1 Å². The number of carbonyl (C=O) groups is 1. The molecule has 1 saturated heterocycles. The Labute approximate surface area is 114 Å². The van der Waals surface area contributed by atoms with E-state index in [0.29, 0.717) is 12.1 Å². The van der Waals surface area contributed by atoms with Crippen LogP contribution in [0.4, 0.5) is 13.2 Å². The molecule has 1 N–H and O–H groups in total. The van der Waals surface area contributed by atoms with Gasteiger partial charge in [0, 0.05) is 6.54 Å². The highest BCUT2D eigenvalue weighted by atomic mass is 19.4. The maximum Gasteiger partial charge on any atom is 0.416 e. The summed E-state index contributed by atoms with van der Waals surface area (Å²) < 4.78 is 37.7. The van der Waals surface area contributed by atoms with E-state index in [1.54, 1.807) is 4.90 Å². The van der Waals surface area contributed by atoms with Gasteiger partial charge in [0.05, 0.1) is 5.56 Å². The number of carbonyl (C=O) groups excluding carboxylic acids is 1. The van der Waals surface area contributed by atoms with E-state index in [9.17, 15) is 18.0 Å². The molecular formula is C14H15F3N2O. The molecule has 1 aliphatic carbocycles. The zero-order valence-corrected chi connectivity index (χ0v) is 11.0. The highest BCUT2D eigenvalue weighted by molar-refractivity contribution is 5.92. The van der Waals surface area contributed by atoms with E-state index < -0.39 is 17.3 Å². The Bertz CT molecular complexity index is 534. The summed E-state index contributed by atoms with van der Waals surface area (Å²) in [7, 11) is 0. The Balaban J connectivity index is 1.87. The second-order valence-electron chi connectivity index (χ2n) is 5.34. The van der Waals surface area contributed by atoms with Crippen LogP contribution in [0.1, 0.15) is 37.1 Å². The van der Waals surface area contributed by atoms with Crippen LogP contribution in [0.3, 0.4) is 0 Å². The van der Waals surface area contributed by atoms with Crippen molar-refractivity contribution in [2.45, 2.75) is 37.6 Å². The van der Waals surface area contributed by atoms with E-state index in [4.69, 9.17) is 0 Å². The second-order valence-corrected chi connectivity index (χ2v) is 5.34. The van der Waals surface area contributed by atoms with Gasteiger partial charge in [-0.2, -0.15) is 13.2 Å². The Morgan fingerprint density at radius 1 is 1.30 bits per heavy atom.